The molecular weight excluding hydrogens is 430 g/mol. The van der Waals surface area contributed by atoms with Crippen molar-refractivity contribution in [1.82, 2.24) is 15.1 Å². The van der Waals surface area contributed by atoms with Gasteiger partial charge in [0.1, 0.15) is 5.84 Å². The fourth-order valence-corrected chi connectivity index (χ4v) is 4.52. The zero-order valence-corrected chi connectivity index (χ0v) is 20.7. The molecule has 3 heterocycles. The zero-order valence-electron chi connectivity index (χ0n) is 20.7. The van der Waals surface area contributed by atoms with Gasteiger partial charge >= 0.3 is 0 Å². The Morgan fingerprint density at radius 3 is 2.68 bits per heavy atom. The van der Waals surface area contributed by atoms with Crippen molar-refractivity contribution in [3.05, 3.63) is 29.5 Å². The van der Waals surface area contributed by atoms with Gasteiger partial charge in [-0.15, -0.1) is 0 Å². The summed E-state index contributed by atoms with van der Waals surface area (Å²) in [5, 5.41) is 14.2. The number of nitrogens with two attached hydrogens (primary N) is 1. The second-order valence-electron chi connectivity index (χ2n) is 9.17. The minimum Gasteiger partial charge on any atom is -0.493 e. The van der Waals surface area contributed by atoms with E-state index in [-0.39, 0.29) is 0 Å². The zero-order chi connectivity index (χ0) is 24.0. The molecule has 0 bridgehead atoms. The van der Waals surface area contributed by atoms with Crippen molar-refractivity contribution < 1.29 is 9.47 Å². The van der Waals surface area contributed by atoms with Crippen molar-refractivity contribution in [2.45, 2.75) is 64.6 Å². The van der Waals surface area contributed by atoms with Gasteiger partial charge in [0.25, 0.3) is 0 Å². The first-order valence-corrected chi connectivity index (χ1v) is 12.6. The average molecular weight is 470 g/mol. The number of aryl methyl sites for hydroxylation is 1. The van der Waals surface area contributed by atoms with Gasteiger partial charge in [0, 0.05) is 36.4 Å². The summed E-state index contributed by atoms with van der Waals surface area (Å²) >= 11 is 0. The van der Waals surface area contributed by atoms with Gasteiger partial charge in [-0.3, -0.25) is 10.8 Å². The predicted octanol–water partition coefficient (Wildman–Crippen LogP) is 3.93. The van der Waals surface area contributed by atoms with Crippen molar-refractivity contribution in [2.75, 3.05) is 44.0 Å². The summed E-state index contributed by atoms with van der Waals surface area (Å²) < 4.78 is 11.8. The number of fused-ring (bicyclic) bond motifs is 1. The minimum absolute atomic E-state index is 0.640. The highest BCUT2D eigenvalue weighted by Crippen LogP contribution is 2.38. The van der Waals surface area contributed by atoms with E-state index in [1.807, 2.05) is 18.2 Å². The number of nitrogens with one attached hydrogen (secondary N) is 3. The number of hydrogen-bond donors (Lipinski definition) is 4. The topological polar surface area (TPSA) is 113 Å². The Labute approximate surface area is 202 Å². The molecule has 2 aliphatic heterocycles. The highest BCUT2D eigenvalue weighted by molar-refractivity contribution is 6.13. The normalized spacial score (nSPS) is 19.9. The number of aromatic nitrogens is 2. The van der Waals surface area contributed by atoms with Crippen molar-refractivity contribution >= 4 is 17.3 Å². The minimum atomic E-state index is -0.906. The number of H-pyrrole nitrogens is 1. The lowest BCUT2D eigenvalue weighted by Gasteiger charge is -2.34. The summed E-state index contributed by atoms with van der Waals surface area (Å²) in [6, 6.07) is 5.93. The van der Waals surface area contributed by atoms with Crippen LogP contribution in [0.2, 0.25) is 0 Å². The lowest BCUT2D eigenvalue weighted by atomic mass is 10.0. The summed E-state index contributed by atoms with van der Waals surface area (Å²) in [4.78, 5) is 7.36. The van der Waals surface area contributed by atoms with Gasteiger partial charge in [0.15, 0.2) is 23.1 Å². The lowest BCUT2D eigenvalue weighted by Crippen LogP contribution is -2.50. The maximum absolute atomic E-state index is 6.70. The van der Waals surface area contributed by atoms with Crippen LogP contribution in [0.3, 0.4) is 0 Å². The molecule has 2 aliphatic rings. The van der Waals surface area contributed by atoms with Crippen LogP contribution >= 0.6 is 0 Å². The Balaban J connectivity index is 1.56. The molecule has 0 saturated carbocycles. The largest absolute Gasteiger partial charge is 0.493 e. The Bertz CT molecular complexity index is 984. The molecule has 34 heavy (non-hydrogen) atoms. The number of unbranched alkanes of at least 4 members (excludes halogenated alkanes) is 1. The van der Waals surface area contributed by atoms with E-state index in [0.717, 1.165) is 49.2 Å². The molecule has 1 aromatic heterocycles. The highest BCUT2D eigenvalue weighted by Gasteiger charge is 2.32. The number of methoxy groups -OCH3 is 1. The monoisotopic (exact) mass is 469 g/mol. The molecular formula is C25H39N7O2. The number of anilines is 2. The average Bonchev–Trinajstić information content (AvgIpc) is 3.52. The lowest BCUT2D eigenvalue weighted by molar-refractivity contribution is 0.254. The smallest absolute Gasteiger partial charge is 0.184 e. The van der Waals surface area contributed by atoms with Gasteiger partial charge in [0.05, 0.1) is 19.4 Å². The third-order valence-electron chi connectivity index (χ3n) is 6.47. The van der Waals surface area contributed by atoms with Crippen LogP contribution in [0.1, 0.15) is 63.6 Å². The third kappa shape index (κ3) is 5.82. The number of nitrogens with zero attached hydrogens (tertiary/aromatic N) is 3. The number of hydrogen-bond acceptors (Lipinski definition) is 8. The van der Waals surface area contributed by atoms with Crippen LogP contribution in [0, 0.1) is 0 Å². The second kappa shape index (κ2) is 11.1. The summed E-state index contributed by atoms with van der Waals surface area (Å²) in [5.74, 6) is 1.85. The van der Waals surface area contributed by atoms with E-state index in [2.05, 4.69) is 39.6 Å². The standard InChI is InChI=1S/C25H39N7O2/c1-4-6-10-25(26)28-20-17-22(34-14-9-13-32-11-7-8-12-32)21(33-3)16-19(20)24(29-25)27-23-15-18(5-2)30-31-23/h15-17,28H,4-14,26H2,1-3H3,(H2,27,29,30,31). The van der Waals surface area contributed by atoms with Gasteiger partial charge in [-0.1, -0.05) is 20.3 Å². The molecule has 0 amide bonds. The quantitative estimate of drug-likeness (QED) is 0.369. The fourth-order valence-electron chi connectivity index (χ4n) is 4.52. The van der Waals surface area contributed by atoms with Crippen LogP contribution in [-0.4, -0.2) is 60.1 Å². The number of aliphatic imine (C=N–C) groups is 1. The maximum atomic E-state index is 6.70. The van der Waals surface area contributed by atoms with Crippen molar-refractivity contribution in [3.63, 3.8) is 0 Å². The van der Waals surface area contributed by atoms with E-state index in [4.69, 9.17) is 20.2 Å². The van der Waals surface area contributed by atoms with E-state index in [1.54, 1.807) is 7.11 Å². The van der Waals surface area contributed by atoms with Crippen molar-refractivity contribution in [1.29, 1.82) is 0 Å². The summed E-state index contributed by atoms with van der Waals surface area (Å²) in [6.45, 7) is 8.35. The van der Waals surface area contributed by atoms with Crippen LogP contribution in [0.5, 0.6) is 11.5 Å². The number of likely N-dealkylation sites (tertiary alicyclic amines) is 1. The number of ether oxygens (including phenoxy) is 2. The molecule has 1 aromatic carbocycles. The second-order valence-corrected chi connectivity index (χ2v) is 9.17. The van der Waals surface area contributed by atoms with Crippen molar-refractivity contribution in [3.8, 4) is 11.5 Å². The highest BCUT2D eigenvalue weighted by atomic mass is 16.5. The van der Waals surface area contributed by atoms with Crippen LogP contribution < -0.4 is 25.8 Å². The van der Waals surface area contributed by atoms with E-state index >= 15 is 0 Å². The van der Waals surface area contributed by atoms with Crippen LogP contribution in [0.15, 0.2) is 23.2 Å². The van der Waals surface area contributed by atoms with Gasteiger partial charge < -0.3 is 25.0 Å². The molecule has 1 fully saturated rings. The number of aromatic amines is 1. The van der Waals surface area contributed by atoms with E-state index in [0.29, 0.717) is 36.2 Å². The van der Waals surface area contributed by atoms with E-state index in [9.17, 15) is 0 Å². The molecule has 0 aliphatic carbocycles. The Hall–Kier alpha value is -2.78. The maximum Gasteiger partial charge on any atom is 0.184 e. The molecule has 0 radical (unpaired) electrons. The van der Waals surface area contributed by atoms with E-state index < -0.39 is 5.79 Å². The van der Waals surface area contributed by atoms with E-state index in [1.165, 1.54) is 25.9 Å². The molecule has 2 aromatic rings. The number of amidine groups is 1. The molecule has 1 saturated heterocycles. The van der Waals surface area contributed by atoms with Crippen LogP contribution in [-0.2, 0) is 6.42 Å². The molecule has 4 rings (SSSR count). The molecule has 186 valence electrons. The fraction of sp³-hybridized carbons (Fsp3) is 0.600. The molecule has 1 unspecified atom stereocenters. The van der Waals surface area contributed by atoms with Crippen LogP contribution in [0.25, 0.3) is 0 Å². The summed E-state index contributed by atoms with van der Waals surface area (Å²) in [6.07, 6.45) is 7.20. The van der Waals surface area contributed by atoms with Gasteiger partial charge in [-0.2, -0.15) is 5.10 Å². The Morgan fingerprint density at radius 1 is 1.15 bits per heavy atom. The Kier molecular flexibility index (Phi) is 7.95. The SMILES string of the molecule is CCCCC1(N)N=C(Nc2cc(CC)[nH]n2)c2cc(OC)c(OCCCN3CCCC3)cc2N1. The predicted molar refractivity (Wildman–Crippen MR) is 137 cm³/mol. The van der Waals surface area contributed by atoms with Crippen LogP contribution in [0.4, 0.5) is 11.5 Å². The summed E-state index contributed by atoms with van der Waals surface area (Å²) in [7, 11) is 1.66. The number of benzene rings is 1. The first kappa shape index (κ1) is 24.3. The van der Waals surface area contributed by atoms with Gasteiger partial charge in [-0.25, -0.2) is 4.99 Å². The molecule has 1 atom stereocenters. The van der Waals surface area contributed by atoms with Gasteiger partial charge in [0.2, 0.25) is 0 Å². The summed E-state index contributed by atoms with van der Waals surface area (Å²) in [5.41, 5.74) is 9.50. The van der Waals surface area contributed by atoms with Crippen molar-refractivity contribution in [2.24, 2.45) is 10.7 Å². The molecule has 5 N–H and O–H groups in total. The Morgan fingerprint density at radius 2 is 1.97 bits per heavy atom. The first-order valence-electron chi connectivity index (χ1n) is 12.6. The molecule has 9 nitrogen and oxygen atoms in total. The first-order chi connectivity index (χ1) is 16.5. The molecule has 9 heteroatoms. The third-order valence-corrected chi connectivity index (χ3v) is 6.47. The van der Waals surface area contributed by atoms with Gasteiger partial charge in [-0.05, 0) is 51.3 Å². The molecule has 0 spiro atoms. The number of rotatable bonds is 11.